The van der Waals surface area contributed by atoms with Gasteiger partial charge in [0.25, 0.3) is 0 Å². The normalized spacial score (nSPS) is 19.8. The molecular weight excluding hydrogens is 224 g/mol. The lowest BCUT2D eigenvalue weighted by atomic mass is 10.0. The molecule has 0 spiro atoms. The number of anilines is 1. The monoisotopic (exact) mass is 248 g/mol. The van der Waals surface area contributed by atoms with Crippen LogP contribution in [0.15, 0.2) is 24.3 Å². The topological polar surface area (TPSA) is 24.5 Å². The van der Waals surface area contributed by atoms with E-state index in [0.29, 0.717) is 5.92 Å². The van der Waals surface area contributed by atoms with Gasteiger partial charge in [-0.15, -0.1) is 0 Å². The Morgan fingerprint density at radius 2 is 2.06 bits per heavy atom. The molecule has 0 aromatic heterocycles. The summed E-state index contributed by atoms with van der Waals surface area (Å²) in [5.74, 6) is 0.694. The molecule has 1 aromatic carbocycles. The lowest BCUT2D eigenvalue weighted by Gasteiger charge is -2.22. The fourth-order valence-corrected chi connectivity index (χ4v) is 2.30. The van der Waals surface area contributed by atoms with Crippen LogP contribution >= 0.6 is 0 Å². The maximum absolute atomic E-state index is 5.48. The summed E-state index contributed by atoms with van der Waals surface area (Å²) < 4.78 is 5.48. The third kappa shape index (κ3) is 4.00. The van der Waals surface area contributed by atoms with Gasteiger partial charge in [-0.3, -0.25) is 0 Å². The number of hydrogen-bond donors (Lipinski definition) is 1. The second-order valence-electron chi connectivity index (χ2n) is 5.27. The molecular formula is C15H24N2O. The molecule has 3 nitrogen and oxygen atoms in total. The predicted molar refractivity (Wildman–Crippen MR) is 76.0 cm³/mol. The van der Waals surface area contributed by atoms with Crippen molar-refractivity contribution in [2.45, 2.75) is 19.4 Å². The van der Waals surface area contributed by atoms with Gasteiger partial charge in [0.1, 0.15) is 0 Å². The molecule has 1 aromatic rings. The van der Waals surface area contributed by atoms with Crippen LogP contribution in [0.3, 0.4) is 0 Å². The van der Waals surface area contributed by atoms with E-state index in [-0.39, 0.29) is 0 Å². The summed E-state index contributed by atoms with van der Waals surface area (Å²) in [7, 11) is 4.13. The molecule has 1 unspecified atom stereocenters. The molecule has 2 rings (SSSR count). The van der Waals surface area contributed by atoms with Gasteiger partial charge in [0.15, 0.2) is 0 Å². The number of nitrogens with one attached hydrogen (secondary N) is 1. The van der Waals surface area contributed by atoms with Gasteiger partial charge >= 0.3 is 0 Å². The van der Waals surface area contributed by atoms with Gasteiger partial charge in [0.2, 0.25) is 0 Å². The molecule has 3 heteroatoms. The summed E-state index contributed by atoms with van der Waals surface area (Å²) in [4.78, 5) is 2.12. The SMILES string of the molecule is CN(C)c1ccc(CNCC2CCCOC2)cc1. The molecule has 0 amide bonds. The molecule has 0 aliphatic carbocycles. The zero-order valence-corrected chi connectivity index (χ0v) is 11.5. The van der Waals surface area contributed by atoms with Crippen LogP contribution in [0.1, 0.15) is 18.4 Å². The largest absolute Gasteiger partial charge is 0.381 e. The van der Waals surface area contributed by atoms with Crippen LogP contribution in [0.25, 0.3) is 0 Å². The molecule has 100 valence electrons. The summed E-state index contributed by atoms with van der Waals surface area (Å²) in [6, 6.07) is 8.72. The lowest BCUT2D eigenvalue weighted by molar-refractivity contribution is 0.0547. The van der Waals surface area contributed by atoms with E-state index >= 15 is 0 Å². The summed E-state index contributed by atoms with van der Waals surface area (Å²) in [5.41, 5.74) is 2.59. The molecule has 1 fully saturated rings. The minimum absolute atomic E-state index is 0.694. The van der Waals surface area contributed by atoms with E-state index in [2.05, 4.69) is 48.6 Å². The van der Waals surface area contributed by atoms with Crippen molar-refractivity contribution in [3.8, 4) is 0 Å². The first-order valence-electron chi connectivity index (χ1n) is 6.80. The molecule has 1 saturated heterocycles. The van der Waals surface area contributed by atoms with Gasteiger partial charge < -0.3 is 15.0 Å². The fraction of sp³-hybridized carbons (Fsp3) is 0.600. The quantitative estimate of drug-likeness (QED) is 0.865. The van der Waals surface area contributed by atoms with E-state index < -0.39 is 0 Å². The molecule has 0 bridgehead atoms. The summed E-state index contributed by atoms with van der Waals surface area (Å²) in [6.45, 7) is 3.88. The number of benzene rings is 1. The Hall–Kier alpha value is -1.06. The molecule has 18 heavy (non-hydrogen) atoms. The Labute approximate surface area is 110 Å². The number of rotatable bonds is 5. The lowest BCUT2D eigenvalue weighted by Crippen LogP contribution is -2.28. The van der Waals surface area contributed by atoms with Crippen molar-refractivity contribution in [1.29, 1.82) is 0 Å². The summed E-state index contributed by atoms with van der Waals surface area (Å²) in [6.07, 6.45) is 2.51. The standard InChI is InChI=1S/C15H24N2O/c1-17(2)15-7-5-13(6-8-15)10-16-11-14-4-3-9-18-12-14/h5-8,14,16H,3-4,9-12H2,1-2H3. The van der Waals surface area contributed by atoms with E-state index in [0.717, 1.165) is 26.3 Å². The van der Waals surface area contributed by atoms with Crippen molar-refractivity contribution >= 4 is 5.69 Å². The zero-order chi connectivity index (χ0) is 12.8. The molecule has 1 aliphatic rings. The van der Waals surface area contributed by atoms with Gasteiger partial charge in [-0.2, -0.15) is 0 Å². The average Bonchev–Trinajstić information content (AvgIpc) is 2.40. The van der Waals surface area contributed by atoms with Crippen LogP contribution in [0.5, 0.6) is 0 Å². The van der Waals surface area contributed by atoms with E-state index in [1.165, 1.54) is 24.1 Å². The first kappa shape index (κ1) is 13.4. The third-order valence-corrected chi connectivity index (χ3v) is 3.47. The predicted octanol–water partition coefficient (Wildman–Crippen LogP) is 2.27. The highest BCUT2D eigenvalue weighted by Crippen LogP contribution is 2.14. The van der Waals surface area contributed by atoms with E-state index in [1.807, 2.05) is 0 Å². The van der Waals surface area contributed by atoms with Crippen LogP contribution < -0.4 is 10.2 Å². The highest BCUT2D eigenvalue weighted by Gasteiger charge is 2.12. The van der Waals surface area contributed by atoms with Crippen molar-refractivity contribution in [1.82, 2.24) is 5.32 Å². The first-order valence-corrected chi connectivity index (χ1v) is 6.80. The van der Waals surface area contributed by atoms with E-state index in [1.54, 1.807) is 0 Å². The van der Waals surface area contributed by atoms with Crippen molar-refractivity contribution < 1.29 is 4.74 Å². The Morgan fingerprint density at radius 1 is 1.28 bits per heavy atom. The fourth-order valence-electron chi connectivity index (χ4n) is 2.30. The average molecular weight is 248 g/mol. The highest BCUT2D eigenvalue weighted by molar-refractivity contribution is 5.45. The van der Waals surface area contributed by atoms with Crippen LogP contribution in [-0.2, 0) is 11.3 Å². The van der Waals surface area contributed by atoms with Crippen LogP contribution in [-0.4, -0.2) is 33.9 Å². The Morgan fingerprint density at radius 3 is 2.67 bits per heavy atom. The smallest absolute Gasteiger partial charge is 0.0506 e. The third-order valence-electron chi connectivity index (χ3n) is 3.47. The van der Waals surface area contributed by atoms with Gasteiger partial charge in [-0.05, 0) is 36.5 Å². The van der Waals surface area contributed by atoms with Gasteiger partial charge in [-0.1, -0.05) is 12.1 Å². The molecule has 1 heterocycles. The molecule has 1 atom stereocenters. The first-order chi connectivity index (χ1) is 8.75. The van der Waals surface area contributed by atoms with Crippen molar-refractivity contribution in [3.63, 3.8) is 0 Å². The highest BCUT2D eigenvalue weighted by atomic mass is 16.5. The second-order valence-corrected chi connectivity index (χ2v) is 5.27. The number of nitrogens with zero attached hydrogens (tertiary/aromatic N) is 1. The van der Waals surface area contributed by atoms with Crippen molar-refractivity contribution in [3.05, 3.63) is 29.8 Å². The maximum Gasteiger partial charge on any atom is 0.0506 e. The molecule has 0 radical (unpaired) electrons. The van der Waals surface area contributed by atoms with E-state index in [4.69, 9.17) is 4.74 Å². The van der Waals surface area contributed by atoms with Gasteiger partial charge in [0.05, 0.1) is 6.61 Å². The Balaban J connectivity index is 1.72. The van der Waals surface area contributed by atoms with Gasteiger partial charge in [-0.25, -0.2) is 0 Å². The Bertz CT molecular complexity index is 342. The van der Waals surface area contributed by atoms with Crippen LogP contribution in [0.4, 0.5) is 5.69 Å². The molecule has 1 aliphatic heterocycles. The van der Waals surface area contributed by atoms with Crippen LogP contribution in [0, 0.1) is 5.92 Å². The maximum atomic E-state index is 5.48. The van der Waals surface area contributed by atoms with Crippen molar-refractivity contribution in [2.24, 2.45) is 5.92 Å². The summed E-state index contributed by atoms with van der Waals surface area (Å²) >= 11 is 0. The second kappa shape index (κ2) is 6.76. The minimum atomic E-state index is 0.694. The van der Waals surface area contributed by atoms with Crippen molar-refractivity contribution in [2.75, 3.05) is 38.8 Å². The Kier molecular flexibility index (Phi) is 5.02. The molecule has 1 N–H and O–H groups in total. The minimum Gasteiger partial charge on any atom is -0.381 e. The number of hydrogen-bond acceptors (Lipinski definition) is 3. The van der Waals surface area contributed by atoms with Crippen LogP contribution in [0.2, 0.25) is 0 Å². The molecule has 0 saturated carbocycles. The number of ether oxygens (including phenoxy) is 1. The summed E-state index contributed by atoms with van der Waals surface area (Å²) in [5, 5.41) is 3.53. The van der Waals surface area contributed by atoms with Gasteiger partial charge in [0, 0.05) is 39.5 Å². The zero-order valence-electron chi connectivity index (χ0n) is 11.5. The van der Waals surface area contributed by atoms with E-state index in [9.17, 15) is 0 Å².